The molecule has 0 amide bonds. The van der Waals surface area contributed by atoms with Crippen molar-refractivity contribution in [3.63, 3.8) is 0 Å². The van der Waals surface area contributed by atoms with Crippen molar-refractivity contribution in [3.05, 3.63) is 66.0 Å². The van der Waals surface area contributed by atoms with E-state index in [1.54, 1.807) is 0 Å². The molecule has 0 bridgehead atoms. The van der Waals surface area contributed by atoms with E-state index in [1.165, 1.54) is 0 Å². The second kappa shape index (κ2) is 8.08. The first kappa shape index (κ1) is 14.9. The molecule has 0 aromatic heterocycles. The maximum atomic E-state index is 4.33. The minimum absolute atomic E-state index is 0. The van der Waals surface area contributed by atoms with Crippen molar-refractivity contribution in [2.24, 2.45) is 0 Å². The molecule has 0 unspecified atom stereocenters. The summed E-state index contributed by atoms with van der Waals surface area (Å²) < 4.78 is 0. The molecule has 0 saturated heterocycles. The summed E-state index contributed by atoms with van der Waals surface area (Å²) in [6.45, 7) is 0. The number of hydrogen-bond donors (Lipinski definition) is 0. The third-order valence-corrected chi connectivity index (χ3v) is 1.63. The number of benzene rings is 2. The van der Waals surface area contributed by atoms with Crippen molar-refractivity contribution in [1.29, 1.82) is 0 Å². The fourth-order valence-electron chi connectivity index (χ4n) is 1.04. The van der Waals surface area contributed by atoms with Gasteiger partial charge in [-0.05, 0) is 0 Å². The van der Waals surface area contributed by atoms with Crippen molar-refractivity contribution in [2.75, 3.05) is 0 Å². The molecular weight excluding hydrogens is 447 g/mol. The molecule has 0 atom stereocenters. The largest absolute Gasteiger partial charge is 2.00 e. The standard InChI is InChI=1S/C12H8N.U.V/c1-3-7-11(8-4-1)13-12-9-5-2-6-10-12;;/h1-7,9H;;/q-3;+2;. The van der Waals surface area contributed by atoms with Crippen molar-refractivity contribution >= 4 is 11.4 Å². The molecule has 0 aliphatic heterocycles. The zero-order chi connectivity index (χ0) is 8.93. The minimum atomic E-state index is 0. The molecule has 1 nitrogen and oxygen atoms in total. The Hall–Kier alpha value is -0.124. The van der Waals surface area contributed by atoms with Gasteiger partial charge in [-0.25, -0.2) is 0 Å². The first-order valence-corrected chi connectivity index (χ1v) is 4.10. The normalized spacial score (nSPS) is 8.27. The van der Waals surface area contributed by atoms with Gasteiger partial charge in [0.15, 0.2) is 0 Å². The van der Waals surface area contributed by atoms with Gasteiger partial charge in [0.25, 0.3) is 0 Å². The van der Waals surface area contributed by atoms with Crippen LogP contribution >= 0.6 is 0 Å². The van der Waals surface area contributed by atoms with E-state index in [-0.39, 0.29) is 49.7 Å². The van der Waals surface area contributed by atoms with Gasteiger partial charge in [0.1, 0.15) is 0 Å². The van der Waals surface area contributed by atoms with Crippen LogP contribution in [0.25, 0.3) is 5.32 Å². The van der Waals surface area contributed by atoms with E-state index < -0.39 is 0 Å². The SMILES string of the molecule is [U+2].[V].[c-]1ccccc1[N-]c1[c-]cccc1. The Balaban J connectivity index is 0.000000980. The van der Waals surface area contributed by atoms with E-state index in [0.717, 1.165) is 11.4 Å². The van der Waals surface area contributed by atoms with Gasteiger partial charge in [0, 0.05) is 18.6 Å². The Morgan fingerprint density at radius 3 is 1.60 bits per heavy atom. The minimum Gasteiger partial charge on any atom is -0.700 e. The predicted octanol–water partition coefficient (Wildman–Crippen LogP) is 3.62. The fraction of sp³-hybridized carbons (Fsp3) is 0. The predicted molar refractivity (Wildman–Crippen MR) is 53.2 cm³/mol. The summed E-state index contributed by atoms with van der Waals surface area (Å²) in [5.74, 6) is 0. The van der Waals surface area contributed by atoms with Gasteiger partial charge in [-0.2, -0.15) is 60.7 Å². The summed E-state index contributed by atoms with van der Waals surface area (Å²) in [4.78, 5) is 0. The number of para-hydroxylation sites is 2. The third kappa shape index (κ3) is 4.95. The van der Waals surface area contributed by atoms with E-state index in [2.05, 4.69) is 17.4 Å². The Labute approximate surface area is 126 Å². The van der Waals surface area contributed by atoms with Gasteiger partial charge in [0.2, 0.25) is 0 Å². The molecule has 2 rings (SSSR count). The molecule has 0 fully saturated rings. The molecule has 0 heterocycles. The molecule has 0 aliphatic rings. The van der Waals surface area contributed by atoms with E-state index in [9.17, 15) is 0 Å². The first-order valence-electron chi connectivity index (χ1n) is 4.10. The average Bonchev–Trinajstić information content (AvgIpc) is 2.21. The summed E-state index contributed by atoms with van der Waals surface area (Å²) in [5.41, 5.74) is 1.68. The van der Waals surface area contributed by atoms with Gasteiger partial charge in [0.05, 0.1) is 0 Å². The van der Waals surface area contributed by atoms with E-state index >= 15 is 0 Å². The van der Waals surface area contributed by atoms with Crippen LogP contribution in [0.4, 0.5) is 11.4 Å². The Kier molecular flexibility index (Phi) is 8.01. The second-order valence-electron chi connectivity index (χ2n) is 2.61. The Morgan fingerprint density at radius 1 is 0.800 bits per heavy atom. The molecule has 1 radical (unpaired) electrons. The van der Waals surface area contributed by atoms with Crippen LogP contribution in [0.5, 0.6) is 0 Å². The van der Waals surface area contributed by atoms with Crippen LogP contribution in [0.3, 0.4) is 0 Å². The topological polar surface area (TPSA) is 14.1 Å². The van der Waals surface area contributed by atoms with Crippen LogP contribution in [0, 0.1) is 43.2 Å². The molecular formula is C12H8NUV-. The average molecular weight is 455 g/mol. The van der Waals surface area contributed by atoms with E-state index in [0.29, 0.717) is 0 Å². The van der Waals surface area contributed by atoms with Gasteiger partial charge in [-0.3, -0.25) is 11.4 Å². The summed E-state index contributed by atoms with van der Waals surface area (Å²) in [6.07, 6.45) is 0. The van der Waals surface area contributed by atoms with Crippen molar-refractivity contribution in [2.45, 2.75) is 0 Å². The van der Waals surface area contributed by atoms with Crippen molar-refractivity contribution in [3.8, 4) is 0 Å². The van der Waals surface area contributed by atoms with Crippen LogP contribution in [0.1, 0.15) is 0 Å². The van der Waals surface area contributed by atoms with Crippen molar-refractivity contribution < 1.29 is 49.7 Å². The molecule has 2 aromatic rings. The monoisotopic (exact) mass is 455 g/mol. The molecule has 0 N–H and O–H groups in total. The maximum Gasteiger partial charge on any atom is 2.00 e. The molecule has 0 spiro atoms. The molecule has 0 aliphatic carbocycles. The smallest absolute Gasteiger partial charge is 0.700 e. The third-order valence-electron chi connectivity index (χ3n) is 1.63. The zero-order valence-electron chi connectivity index (χ0n) is 8.01. The molecule has 3 heteroatoms. The van der Waals surface area contributed by atoms with Crippen LogP contribution in [0.15, 0.2) is 48.5 Å². The number of nitrogens with zero attached hydrogens (tertiary/aromatic N) is 1. The second-order valence-corrected chi connectivity index (χ2v) is 2.61. The summed E-state index contributed by atoms with van der Waals surface area (Å²) in [6, 6.07) is 21.3. The molecule has 15 heavy (non-hydrogen) atoms. The van der Waals surface area contributed by atoms with Crippen LogP contribution < -0.4 is 0 Å². The quantitative estimate of drug-likeness (QED) is 0.615. The van der Waals surface area contributed by atoms with Gasteiger partial charge in [-0.15, -0.1) is 0 Å². The van der Waals surface area contributed by atoms with Crippen molar-refractivity contribution in [1.82, 2.24) is 0 Å². The summed E-state index contributed by atoms with van der Waals surface area (Å²) in [5, 5.41) is 4.33. The molecule has 0 saturated carbocycles. The fourth-order valence-corrected chi connectivity index (χ4v) is 1.04. The van der Waals surface area contributed by atoms with Crippen LogP contribution in [-0.4, -0.2) is 0 Å². The van der Waals surface area contributed by atoms with Crippen LogP contribution in [0.2, 0.25) is 0 Å². The van der Waals surface area contributed by atoms with E-state index in [4.69, 9.17) is 0 Å². The van der Waals surface area contributed by atoms with Crippen LogP contribution in [-0.2, 0) is 18.6 Å². The summed E-state index contributed by atoms with van der Waals surface area (Å²) >= 11 is 0. The maximum absolute atomic E-state index is 4.33. The van der Waals surface area contributed by atoms with Gasteiger partial charge in [-0.1, -0.05) is 0 Å². The summed E-state index contributed by atoms with van der Waals surface area (Å²) in [7, 11) is 0. The van der Waals surface area contributed by atoms with Gasteiger partial charge >= 0.3 is 31.1 Å². The zero-order valence-corrected chi connectivity index (χ0v) is 13.6. The molecule has 2 aromatic carbocycles. The molecule has 71 valence electrons. The van der Waals surface area contributed by atoms with Gasteiger partial charge < -0.3 is 5.32 Å². The first-order chi connectivity index (χ1) is 6.45. The number of rotatable bonds is 2. The Morgan fingerprint density at radius 2 is 1.27 bits per heavy atom. The Bertz CT molecular complexity index is 326. The van der Waals surface area contributed by atoms with E-state index in [1.807, 2.05) is 48.5 Å². The number of hydrogen-bond acceptors (Lipinski definition) is 0.